The van der Waals surface area contributed by atoms with E-state index >= 15 is 0 Å². The second-order valence-electron chi connectivity index (χ2n) is 5.50. The van der Waals surface area contributed by atoms with Crippen LogP contribution in [0.25, 0.3) is 0 Å². The van der Waals surface area contributed by atoms with Gasteiger partial charge in [0.05, 0.1) is 15.6 Å². The first-order valence-corrected chi connectivity index (χ1v) is 6.26. The standard InChI is InChI=1S/C13H16Cl2O/c1-12(2)5-6-13(16,8-12)9-3-4-10(14)11(15)7-9/h3-4,7,16H,5-6,8H2,1-2H3. The second-order valence-corrected chi connectivity index (χ2v) is 6.32. The van der Waals surface area contributed by atoms with Crippen molar-refractivity contribution in [3.8, 4) is 0 Å². The Balaban J connectivity index is 2.34. The molecule has 16 heavy (non-hydrogen) atoms. The quantitative estimate of drug-likeness (QED) is 0.792. The molecule has 3 heteroatoms. The van der Waals surface area contributed by atoms with Crippen molar-refractivity contribution in [1.82, 2.24) is 0 Å². The van der Waals surface area contributed by atoms with Crippen LogP contribution in [0.2, 0.25) is 10.0 Å². The van der Waals surface area contributed by atoms with E-state index in [2.05, 4.69) is 13.8 Å². The first-order valence-electron chi connectivity index (χ1n) is 5.50. The predicted molar refractivity (Wildman–Crippen MR) is 68.0 cm³/mol. The summed E-state index contributed by atoms with van der Waals surface area (Å²) in [5.74, 6) is 0. The molecule has 0 aromatic heterocycles. The third kappa shape index (κ3) is 2.22. The van der Waals surface area contributed by atoms with E-state index in [0.29, 0.717) is 10.0 Å². The molecule has 1 fully saturated rings. The number of benzene rings is 1. The third-order valence-corrected chi connectivity index (χ3v) is 4.18. The molecule has 1 aliphatic carbocycles. The van der Waals surface area contributed by atoms with Crippen LogP contribution in [-0.4, -0.2) is 5.11 Å². The molecule has 1 aliphatic rings. The van der Waals surface area contributed by atoms with Crippen LogP contribution in [0.15, 0.2) is 18.2 Å². The van der Waals surface area contributed by atoms with Gasteiger partial charge in [0.1, 0.15) is 0 Å². The van der Waals surface area contributed by atoms with E-state index < -0.39 is 5.60 Å². The van der Waals surface area contributed by atoms with Crippen LogP contribution in [0.3, 0.4) is 0 Å². The molecule has 1 aromatic rings. The van der Waals surface area contributed by atoms with Crippen LogP contribution in [0, 0.1) is 5.41 Å². The van der Waals surface area contributed by atoms with Crippen LogP contribution in [0.1, 0.15) is 38.7 Å². The van der Waals surface area contributed by atoms with Gasteiger partial charge in [-0.15, -0.1) is 0 Å². The third-order valence-electron chi connectivity index (χ3n) is 3.44. The van der Waals surface area contributed by atoms with Crippen LogP contribution < -0.4 is 0 Å². The van der Waals surface area contributed by atoms with Crippen molar-refractivity contribution in [2.45, 2.75) is 38.7 Å². The number of hydrogen-bond acceptors (Lipinski definition) is 1. The summed E-state index contributed by atoms with van der Waals surface area (Å²) < 4.78 is 0. The minimum absolute atomic E-state index is 0.195. The molecule has 1 atom stereocenters. The molecule has 2 rings (SSSR count). The average molecular weight is 259 g/mol. The van der Waals surface area contributed by atoms with Gasteiger partial charge in [-0.1, -0.05) is 43.1 Å². The van der Waals surface area contributed by atoms with Crippen molar-refractivity contribution in [3.63, 3.8) is 0 Å². The Hall–Kier alpha value is -0.240. The van der Waals surface area contributed by atoms with Gasteiger partial charge in [0, 0.05) is 0 Å². The van der Waals surface area contributed by atoms with Crippen LogP contribution in [0.5, 0.6) is 0 Å². The van der Waals surface area contributed by atoms with E-state index in [9.17, 15) is 5.11 Å². The molecule has 0 bridgehead atoms. The first kappa shape index (κ1) is 12.2. The lowest BCUT2D eigenvalue weighted by Crippen LogP contribution is -2.23. The molecule has 0 spiro atoms. The zero-order valence-electron chi connectivity index (χ0n) is 9.56. The van der Waals surface area contributed by atoms with E-state index in [1.165, 1.54) is 0 Å². The minimum atomic E-state index is -0.738. The van der Waals surface area contributed by atoms with Crippen molar-refractivity contribution in [2.24, 2.45) is 5.41 Å². The zero-order chi connectivity index (χ0) is 12.0. The fraction of sp³-hybridized carbons (Fsp3) is 0.538. The van der Waals surface area contributed by atoms with Crippen molar-refractivity contribution in [2.75, 3.05) is 0 Å². The summed E-state index contributed by atoms with van der Waals surface area (Å²) in [5, 5.41) is 11.7. The van der Waals surface area contributed by atoms with Crippen LogP contribution in [-0.2, 0) is 5.60 Å². The van der Waals surface area contributed by atoms with Crippen molar-refractivity contribution < 1.29 is 5.11 Å². The maximum Gasteiger partial charge on any atom is 0.0902 e. The largest absolute Gasteiger partial charge is 0.385 e. The van der Waals surface area contributed by atoms with Crippen molar-refractivity contribution in [1.29, 1.82) is 0 Å². The number of rotatable bonds is 1. The molecule has 0 amide bonds. The first-order chi connectivity index (χ1) is 7.32. The van der Waals surface area contributed by atoms with Gasteiger partial charge in [0.25, 0.3) is 0 Å². The molecular formula is C13H16Cl2O. The minimum Gasteiger partial charge on any atom is -0.385 e. The summed E-state index contributed by atoms with van der Waals surface area (Å²) in [6.07, 6.45) is 2.60. The lowest BCUT2D eigenvalue weighted by molar-refractivity contribution is 0.0338. The van der Waals surface area contributed by atoms with Gasteiger partial charge >= 0.3 is 0 Å². The highest BCUT2D eigenvalue weighted by Crippen LogP contribution is 2.49. The molecule has 1 saturated carbocycles. The maximum absolute atomic E-state index is 10.6. The second kappa shape index (κ2) is 3.90. The summed E-state index contributed by atoms with van der Waals surface area (Å²) in [5.41, 5.74) is 0.339. The highest BCUT2D eigenvalue weighted by atomic mass is 35.5. The molecule has 1 aromatic carbocycles. The van der Waals surface area contributed by atoms with Gasteiger partial charge < -0.3 is 5.11 Å². The Morgan fingerprint density at radius 2 is 1.81 bits per heavy atom. The Kier molecular flexibility index (Phi) is 2.98. The number of aliphatic hydroxyl groups is 1. The molecule has 0 saturated heterocycles. The summed E-state index contributed by atoms with van der Waals surface area (Å²) >= 11 is 11.9. The smallest absolute Gasteiger partial charge is 0.0902 e. The van der Waals surface area contributed by atoms with E-state index in [1.54, 1.807) is 12.1 Å². The molecule has 88 valence electrons. The van der Waals surface area contributed by atoms with Crippen LogP contribution >= 0.6 is 23.2 Å². The van der Waals surface area contributed by atoms with Crippen molar-refractivity contribution in [3.05, 3.63) is 33.8 Å². The van der Waals surface area contributed by atoms with Gasteiger partial charge in [0.2, 0.25) is 0 Å². The monoisotopic (exact) mass is 258 g/mol. The topological polar surface area (TPSA) is 20.2 Å². The molecule has 0 radical (unpaired) electrons. The SMILES string of the molecule is CC1(C)CCC(O)(c2ccc(Cl)c(Cl)c2)C1. The van der Waals surface area contributed by atoms with Gasteiger partial charge in [-0.25, -0.2) is 0 Å². The fourth-order valence-electron chi connectivity index (χ4n) is 2.55. The van der Waals surface area contributed by atoms with E-state index in [0.717, 1.165) is 24.8 Å². The lowest BCUT2D eigenvalue weighted by atomic mass is 9.86. The summed E-state index contributed by atoms with van der Waals surface area (Å²) in [6, 6.07) is 5.41. The maximum atomic E-state index is 10.6. The molecule has 1 nitrogen and oxygen atoms in total. The highest BCUT2D eigenvalue weighted by Gasteiger charge is 2.42. The lowest BCUT2D eigenvalue weighted by Gasteiger charge is -2.26. The Labute approximate surface area is 106 Å². The summed E-state index contributed by atoms with van der Waals surface area (Å²) in [7, 11) is 0. The number of halogens is 2. The average Bonchev–Trinajstić information content (AvgIpc) is 2.47. The Morgan fingerprint density at radius 3 is 2.31 bits per heavy atom. The normalized spacial score (nSPS) is 28.3. The summed E-state index contributed by atoms with van der Waals surface area (Å²) in [4.78, 5) is 0. The van der Waals surface area contributed by atoms with Gasteiger partial charge in [-0.3, -0.25) is 0 Å². The molecule has 1 N–H and O–H groups in total. The highest BCUT2D eigenvalue weighted by molar-refractivity contribution is 6.42. The molecule has 0 aliphatic heterocycles. The van der Waals surface area contributed by atoms with E-state index in [1.807, 2.05) is 6.07 Å². The van der Waals surface area contributed by atoms with Crippen LogP contribution in [0.4, 0.5) is 0 Å². The van der Waals surface area contributed by atoms with E-state index in [-0.39, 0.29) is 5.41 Å². The van der Waals surface area contributed by atoms with Gasteiger partial charge in [-0.2, -0.15) is 0 Å². The fourth-order valence-corrected chi connectivity index (χ4v) is 2.84. The predicted octanol–water partition coefficient (Wildman–Crippen LogP) is 4.39. The molecule has 0 heterocycles. The van der Waals surface area contributed by atoms with E-state index in [4.69, 9.17) is 23.2 Å². The Bertz CT molecular complexity index is 414. The summed E-state index contributed by atoms with van der Waals surface area (Å²) in [6.45, 7) is 4.37. The van der Waals surface area contributed by atoms with Crippen molar-refractivity contribution >= 4 is 23.2 Å². The van der Waals surface area contributed by atoms with Gasteiger partial charge in [-0.05, 0) is 42.4 Å². The van der Waals surface area contributed by atoms with Gasteiger partial charge in [0.15, 0.2) is 0 Å². The molecule has 1 unspecified atom stereocenters. The number of hydrogen-bond donors (Lipinski definition) is 1. The Morgan fingerprint density at radius 1 is 1.12 bits per heavy atom. The molecular weight excluding hydrogens is 243 g/mol. The zero-order valence-corrected chi connectivity index (χ0v) is 11.1.